The van der Waals surface area contributed by atoms with Crippen molar-refractivity contribution in [3.05, 3.63) is 402 Å². The molecule has 0 unspecified atom stereocenters. The maximum Gasteiger partial charge on any atom is 0.203 e. The maximum absolute atomic E-state index is 13.8. The smallest absolute Gasteiger partial charge is 0.203 e. The van der Waals surface area contributed by atoms with Crippen LogP contribution in [-0.4, -0.2) is 91.4 Å². The Labute approximate surface area is 718 Å². The maximum atomic E-state index is 13.8. The van der Waals surface area contributed by atoms with Gasteiger partial charge in [0.25, 0.3) is 0 Å². The van der Waals surface area contributed by atoms with Crippen molar-refractivity contribution >= 4 is 55.7 Å². The van der Waals surface area contributed by atoms with Gasteiger partial charge >= 0.3 is 0 Å². The van der Waals surface area contributed by atoms with Crippen molar-refractivity contribution in [3.63, 3.8) is 0 Å². The molecular formula is C101H104ClF5N12O4. The van der Waals surface area contributed by atoms with Crippen LogP contribution in [0.5, 0.6) is 0 Å². The first-order chi connectivity index (χ1) is 59.5. The van der Waals surface area contributed by atoms with Crippen LogP contribution in [-0.2, 0) is 70.8 Å². The van der Waals surface area contributed by atoms with Crippen molar-refractivity contribution < 1.29 is 40.9 Å². The monoisotopic (exact) mass is 1680 g/mol. The lowest BCUT2D eigenvalue weighted by Crippen LogP contribution is -2.31. The third-order valence-electron chi connectivity index (χ3n) is 22.4. The number of aryl methyl sites for hydroxylation is 5. The summed E-state index contributed by atoms with van der Waals surface area (Å²) >= 11 is 6.05. The van der Waals surface area contributed by atoms with Gasteiger partial charge in [0.1, 0.15) is 0 Å². The van der Waals surface area contributed by atoms with E-state index in [4.69, 9.17) is 52.2 Å². The highest BCUT2D eigenvalue weighted by Gasteiger charge is 2.26. The van der Waals surface area contributed by atoms with Crippen LogP contribution in [0.4, 0.5) is 22.0 Å². The molecule has 16 rings (SSSR count). The molecule has 0 aliphatic heterocycles. The van der Waals surface area contributed by atoms with Crippen LogP contribution in [0, 0.1) is 85.3 Å². The van der Waals surface area contributed by atoms with Crippen molar-refractivity contribution in [2.24, 2.45) is 0 Å². The predicted molar refractivity (Wildman–Crippen MR) is 478 cm³/mol. The Balaban J connectivity index is 0.000000141. The van der Waals surface area contributed by atoms with Gasteiger partial charge in [-0.25, -0.2) is 22.0 Å². The molecule has 12 aromatic carbocycles. The van der Waals surface area contributed by atoms with Crippen LogP contribution in [0.1, 0.15) is 96.5 Å². The highest BCUT2D eigenvalue weighted by atomic mass is 35.5. The second kappa shape index (κ2) is 40.9. The number of hydrogen-bond donors (Lipinski definition) is 4. The first-order valence-electron chi connectivity index (χ1n) is 41.0. The zero-order valence-electron chi connectivity index (χ0n) is 70.8. The van der Waals surface area contributed by atoms with Crippen LogP contribution in [0.3, 0.4) is 0 Å². The Kier molecular flexibility index (Phi) is 29.4. The van der Waals surface area contributed by atoms with Gasteiger partial charge in [-0.05, 0) is 190 Å². The number of hydrogen-bond acceptors (Lipinski definition) is 8. The molecule has 4 atom stereocenters. The summed E-state index contributed by atoms with van der Waals surface area (Å²) in [6.45, 7) is 13.9. The molecule has 0 fully saturated rings. The van der Waals surface area contributed by atoms with E-state index in [0.717, 1.165) is 96.9 Å². The standard InChI is InChI=1S/C26H29N3O.C25H26ClN3O.C25H24F3N3O.C25H25F2N3O/c1-19-8-12-21(13-9-19)16-23(18-30-3)29-25-7-5-4-6-24(25)28(26(29)27)17-22-14-10-20(2)11-15-22;1-18-7-9-19(10-8-18)15-22(17-30-2)29-24-6-4-3-5-23(24)28(25(29)27)16-20-11-13-21(26)14-12-20;1-16-7-9-17(10-8-16)11-19(15-32-2)31-23-6-4-3-5-22(23)30(25(31)29)14-18-12-20(26)24(28)21(27)13-18;1-17-7-9-18(10-8-17)13-20(16-31-2)30-24-6-4-3-5-23(24)29(25(30)28)15-19-11-12-21(26)22(27)14-19/h4-15,23,27H,16-18H2,1-3H3;3-14,22,27H,15-17H2,1-2H3;3-10,12-13,19,29H,11,14-15H2,1-2H3;3-12,14,20,28H,13,15-16H2,1-2H3/t23-;22-;19-;20-/m0000/s1. The number of aromatic nitrogens is 8. The number of fused-ring (bicyclic) bond motifs is 4. The van der Waals surface area contributed by atoms with E-state index in [0.29, 0.717) is 74.8 Å². The van der Waals surface area contributed by atoms with Gasteiger partial charge < -0.3 is 55.5 Å². The number of rotatable bonds is 28. The van der Waals surface area contributed by atoms with E-state index in [-0.39, 0.29) is 48.4 Å². The quantitative estimate of drug-likeness (QED) is 0.0283. The molecule has 16 aromatic rings. The fourth-order valence-corrected chi connectivity index (χ4v) is 16.3. The summed E-state index contributed by atoms with van der Waals surface area (Å²) in [5.41, 5.74) is 23.0. The Morgan fingerprint density at radius 3 is 0.740 bits per heavy atom. The average molecular weight is 1680 g/mol. The van der Waals surface area contributed by atoms with E-state index in [2.05, 4.69) is 179 Å². The number of nitrogens with zero attached hydrogens (tertiary/aromatic N) is 8. The summed E-state index contributed by atoms with van der Waals surface area (Å²) in [5, 5.41) is 36.6. The van der Waals surface area contributed by atoms with Gasteiger partial charge in [-0.2, -0.15) is 0 Å². The fraction of sp³-hybridized carbons (Fsp3) is 0.248. The number of ether oxygens (including phenoxy) is 4. The molecule has 4 heterocycles. The van der Waals surface area contributed by atoms with Gasteiger partial charge in [-0.1, -0.05) is 227 Å². The molecule has 4 N–H and O–H groups in total. The normalized spacial score (nSPS) is 12.4. The fourth-order valence-electron chi connectivity index (χ4n) is 16.1. The van der Waals surface area contributed by atoms with Crippen molar-refractivity contribution in [1.82, 2.24) is 36.5 Å². The summed E-state index contributed by atoms with van der Waals surface area (Å²) in [4.78, 5) is 0. The van der Waals surface area contributed by atoms with E-state index in [9.17, 15) is 22.0 Å². The summed E-state index contributed by atoms with van der Waals surface area (Å²) in [6.07, 6.45) is 2.99. The lowest BCUT2D eigenvalue weighted by Gasteiger charge is -2.19. The van der Waals surface area contributed by atoms with Crippen molar-refractivity contribution in [1.29, 1.82) is 21.6 Å². The van der Waals surface area contributed by atoms with Gasteiger partial charge in [0.15, 0.2) is 29.1 Å². The van der Waals surface area contributed by atoms with Crippen LogP contribution in [0.2, 0.25) is 5.02 Å². The Bertz CT molecular complexity index is 6310. The predicted octanol–water partition coefficient (Wildman–Crippen LogP) is 20.5. The molecule has 0 radical (unpaired) electrons. The highest BCUT2D eigenvalue weighted by Crippen LogP contribution is 2.29. The largest absolute Gasteiger partial charge is 0.383 e. The van der Waals surface area contributed by atoms with Gasteiger partial charge in [-0.15, -0.1) is 0 Å². The third-order valence-corrected chi connectivity index (χ3v) is 22.6. The van der Waals surface area contributed by atoms with Gasteiger partial charge in [0, 0.05) is 33.5 Å². The number of nitrogens with one attached hydrogen (secondary N) is 4. The first-order valence-corrected chi connectivity index (χ1v) is 41.4. The van der Waals surface area contributed by atoms with E-state index in [1.807, 2.05) is 130 Å². The SMILES string of the molecule is COC[C@H](Cc1ccc(C)cc1)n1c(=N)n(Cc2cc(F)c(F)c(F)c2)c2ccccc21.COC[C@H](Cc1ccc(C)cc1)n1c(=N)n(Cc2ccc(C)cc2)c2ccccc21.COC[C@H](Cc1ccc(C)cc1)n1c(=N)n(Cc2ccc(Cl)cc2)c2ccccc21.COC[C@H](Cc1ccc(C)cc1)n1c(=N)n(Cc2ccc(F)c(F)c2)c2ccccc21. The lowest BCUT2D eigenvalue weighted by molar-refractivity contribution is 0.154. The zero-order chi connectivity index (χ0) is 87.0. The average Bonchev–Trinajstić information content (AvgIpc) is 1.59. The lowest BCUT2D eigenvalue weighted by atomic mass is 10.0. The van der Waals surface area contributed by atoms with Crippen LogP contribution >= 0.6 is 11.6 Å². The third kappa shape index (κ3) is 21.2. The molecule has 4 aromatic heterocycles. The van der Waals surface area contributed by atoms with E-state index in [1.54, 1.807) is 39.1 Å². The molecule has 0 saturated carbocycles. The molecule has 0 saturated heterocycles. The number of para-hydroxylation sites is 8. The molecule has 16 nitrogen and oxygen atoms in total. The van der Waals surface area contributed by atoms with Gasteiger partial charge in [0.2, 0.25) is 22.5 Å². The molecule has 634 valence electrons. The topological polar surface area (TPSA) is 172 Å². The van der Waals surface area contributed by atoms with Gasteiger partial charge in [-0.3, -0.25) is 21.6 Å². The molecule has 0 aliphatic carbocycles. The molecule has 22 heteroatoms. The number of benzene rings is 12. The molecule has 123 heavy (non-hydrogen) atoms. The number of imidazole rings is 4. The minimum Gasteiger partial charge on any atom is -0.383 e. The van der Waals surface area contributed by atoms with Crippen LogP contribution in [0.15, 0.2) is 273 Å². The van der Waals surface area contributed by atoms with E-state index in [1.165, 1.54) is 50.6 Å². The summed E-state index contributed by atoms with van der Waals surface area (Å²) in [7, 11) is 6.74. The summed E-state index contributed by atoms with van der Waals surface area (Å²) in [6, 6.07) is 87.6. The second-order valence-electron chi connectivity index (χ2n) is 31.5. The Hall–Kier alpha value is -12.5. The van der Waals surface area contributed by atoms with Crippen molar-refractivity contribution in [3.8, 4) is 0 Å². The van der Waals surface area contributed by atoms with E-state index < -0.39 is 29.1 Å². The molecule has 0 amide bonds. The minimum atomic E-state index is -1.49. The number of methoxy groups -OCH3 is 4. The van der Waals surface area contributed by atoms with Crippen LogP contribution < -0.4 is 22.5 Å². The van der Waals surface area contributed by atoms with Crippen molar-refractivity contribution in [2.75, 3.05) is 54.9 Å². The Morgan fingerprint density at radius 2 is 0.480 bits per heavy atom. The second-order valence-corrected chi connectivity index (χ2v) is 31.9. The molecule has 0 aliphatic rings. The highest BCUT2D eigenvalue weighted by molar-refractivity contribution is 6.30. The Morgan fingerprint density at radius 1 is 0.260 bits per heavy atom. The van der Waals surface area contributed by atoms with Gasteiger partial charge in [0.05, 0.1) is 121 Å². The van der Waals surface area contributed by atoms with Crippen LogP contribution in [0.25, 0.3) is 44.1 Å². The molecule has 0 bridgehead atoms. The molecular weight excluding hydrogens is 1580 g/mol. The number of halogens is 6. The molecule has 0 spiro atoms. The summed E-state index contributed by atoms with van der Waals surface area (Å²) < 4.78 is 106. The zero-order valence-corrected chi connectivity index (χ0v) is 71.5. The van der Waals surface area contributed by atoms with Crippen molar-refractivity contribution in [2.45, 2.75) is 111 Å². The minimum absolute atomic E-state index is 0.0292. The summed E-state index contributed by atoms with van der Waals surface area (Å²) in [5.74, 6) is -5.74. The van der Waals surface area contributed by atoms with E-state index >= 15 is 0 Å². The first kappa shape index (κ1) is 88.3.